The maximum atomic E-state index is 13.0. The van der Waals surface area contributed by atoms with Crippen molar-refractivity contribution in [2.75, 3.05) is 13.1 Å². The van der Waals surface area contributed by atoms with E-state index in [1.165, 1.54) is 12.4 Å². The number of rotatable bonds is 3. The van der Waals surface area contributed by atoms with Crippen molar-refractivity contribution in [3.05, 3.63) is 59.6 Å². The maximum Gasteiger partial charge on any atom is 0.316 e. The van der Waals surface area contributed by atoms with Crippen molar-refractivity contribution in [1.82, 2.24) is 19.9 Å². The van der Waals surface area contributed by atoms with Gasteiger partial charge in [0.15, 0.2) is 0 Å². The number of halogens is 1. The summed E-state index contributed by atoms with van der Waals surface area (Å²) in [4.78, 5) is 27.3. The quantitative estimate of drug-likeness (QED) is 0.709. The molecule has 1 aliphatic rings. The zero-order valence-electron chi connectivity index (χ0n) is 14.0. The van der Waals surface area contributed by atoms with Crippen LogP contribution in [0.3, 0.4) is 0 Å². The molecule has 6 nitrogen and oxygen atoms in total. The summed E-state index contributed by atoms with van der Waals surface area (Å²) in [6.07, 6.45) is 6.22. The third-order valence-electron chi connectivity index (χ3n) is 4.41. The molecule has 0 aliphatic carbocycles. The molecule has 3 heterocycles. The van der Waals surface area contributed by atoms with Gasteiger partial charge in [-0.05, 0) is 24.3 Å². The Hall–Kier alpha value is -2.73. The average molecular weight is 369 g/mol. The Morgan fingerprint density at radius 1 is 1.15 bits per heavy atom. The number of piperidine rings is 1. The molecule has 0 radical (unpaired) electrons. The Balaban J connectivity index is 1.51. The number of likely N-dealkylation sites (tertiary alicyclic amines) is 1. The van der Waals surface area contributed by atoms with E-state index in [0.29, 0.717) is 23.8 Å². The van der Waals surface area contributed by atoms with Crippen LogP contribution in [0, 0.1) is 0 Å². The van der Waals surface area contributed by atoms with Crippen molar-refractivity contribution in [2.24, 2.45) is 0 Å². The lowest BCUT2D eigenvalue weighted by atomic mass is 10.1. The van der Waals surface area contributed by atoms with Gasteiger partial charge in [-0.1, -0.05) is 35.9 Å². The molecule has 0 N–H and O–H groups in total. The predicted octanol–water partition coefficient (Wildman–Crippen LogP) is 3.36. The van der Waals surface area contributed by atoms with Crippen molar-refractivity contribution in [1.29, 1.82) is 0 Å². The molecule has 1 amide bonds. The van der Waals surface area contributed by atoms with Crippen LogP contribution in [0.15, 0.2) is 48.9 Å². The highest BCUT2D eigenvalue weighted by Gasteiger charge is 2.27. The number of hydrogen-bond acceptors (Lipinski definition) is 5. The van der Waals surface area contributed by atoms with Crippen LogP contribution >= 0.6 is 11.6 Å². The van der Waals surface area contributed by atoms with Crippen LogP contribution in [0.25, 0.3) is 10.8 Å². The summed E-state index contributed by atoms with van der Waals surface area (Å²) in [6, 6.07) is 9.96. The number of aromatic nitrogens is 3. The van der Waals surface area contributed by atoms with Crippen LogP contribution in [-0.4, -0.2) is 45.0 Å². The summed E-state index contributed by atoms with van der Waals surface area (Å²) in [6.45, 7) is 1.17. The summed E-state index contributed by atoms with van der Waals surface area (Å²) >= 11 is 5.79. The smallest absolute Gasteiger partial charge is 0.316 e. The minimum Gasteiger partial charge on any atom is -0.458 e. The number of pyridine rings is 1. The highest BCUT2D eigenvalue weighted by atomic mass is 35.5. The van der Waals surface area contributed by atoms with Crippen molar-refractivity contribution in [2.45, 2.75) is 18.9 Å². The molecule has 1 saturated heterocycles. The van der Waals surface area contributed by atoms with E-state index < -0.39 is 0 Å². The first-order chi connectivity index (χ1) is 12.7. The van der Waals surface area contributed by atoms with Crippen LogP contribution in [-0.2, 0) is 0 Å². The molecule has 3 aromatic rings. The minimum absolute atomic E-state index is 0.0767. The lowest BCUT2D eigenvalue weighted by Gasteiger charge is -2.32. The number of amides is 1. The van der Waals surface area contributed by atoms with Crippen LogP contribution in [0.4, 0.5) is 0 Å². The second-order valence-corrected chi connectivity index (χ2v) is 6.63. The van der Waals surface area contributed by atoms with Gasteiger partial charge in [-0.2, -0.15) is 0 Å². The lowest BCUT2D eigenvalue weighted by molar-refractivity contribution is 0.0512. The van der Waals surface area contributed by atoms with E-state index in [1.54, 1.807) is 11.1 Å². The molecule has 1 aliphatic heterocycles. The molecule has 1 aromatic carbocycles. The largest absolute Gasteiger partial charge is 0.458 e. The second kappa shape index (κ2) is 7.25. The number of benzene rings is 1. The van der Waals surface area contributed by atoms with Crippen molar-refractivity contribution in [3.8, 4) is 6.01 Å². The van der Waals surface area contributed by atoms with Gasteiger partial charge in [-0.15, -0.1) is 0 Å². The van der Waals surface area contributed by atoms with E-state index in [2.05, 4.69) is 15.0 Å². The fourth-order valence-corrected chi connectivity index (χ4v) is 3.27. The number of fused-ring (bicyclic) bond motifs is 1. The molecule has 0 spiro atoms. The Morgan fingerprint density at radius 2 is 1.96 bits per heavy atom. The first-order valence-electron chi connectivity index (χ1n) is 8.48. The van der Waals surface area contributed by atoms with Crippen LogP contribution in [0.1, 0.15) is 23.3 Å². The summed E-state index contributed by atoms with van der Waals surface area (Å²) in [7, 11) is 0. The van der Waals surface area contributed by atoms with Gasteiger partial charge >= 0.3 is 6.01 Å². The molecule has 2 aromatic heterocycles. The fourth-order valence-electron chi connectivity index (χ4n) is 3.17. The molecule has 26 heavy (non-hydrogen) atoms. The zero-order valence-corrected chi connectivity index (χ0v) is 14.8. The summed E-state index contributed by atoms with van der Waals surface area (Å²) in [5.41, 5.74) is 0.478. The normalized spacial score (nSPS) is 17.3. The molecular weight excluding hydrogens is 352 g/mol. The predicted molar refractivity (Wildman–Crippen MR) is 98.3 cm³/mol. The van der Waals surface area contributed by atoms with E-state index in [4.69, 9.17) is 16.3 Å². The topological polar surface area (TPSA) is 68.2 Å². The number of nitrogens with zero attached hydrogens (tertiary/aromatic N) is 4. The monoisotopic (exact) mass is 368 g/mol. The van der Waals surface area contributed by atoms with Crippen LogP contribution in [0.5, 0.6) is 6.01 Å². The van der Waals surface area contributed by atoms with E-state index >= 15 is 0 Å². The Labute approximate surface area is 155 Å². The summed E-state index contributed by atoms with van der Waals surface area (Å²) < 4.78 is 5.82. The summed E-state index contributed by atoms with van der Waals surface area (Å²) in [5, 5.41) is 2.33. The lowest BCUT2D eigenvalue weighted by Crippen LogP contribution is -2.44. The molecular formula is C19H17ClN4O2. The molecule has 132 valence electrons. The number of carbonyl (C=O) groups excluding carboxylic acids is 1. The maximum absolute atomic E-state index is 13.0. The highest BCUT2D eigenvalue weighted by molar-refractivity contribution is 6.30. The van der Waals surface area contributed by atoms with Crippen molar-refractivity contribution < 1.29 is 9.53 Å². The molecule has 0 bridgehead atoms. The van der Waals surface area contributed by atoms with Crippen LogP contribution < -0.4 is 4.74 Å². The van der Waals surface area contributed by atoms with Crippen LogP contribution in [0.2, 0.25) is 5.02 Å². The van der Waals surface area contributed by atoms with Gasteiger partial charge in [-0.3, -0.25) is 9.78 Å². The van der Waals surface area contributed by atoms with Gasteiger partial charge in [0.1, 0.15) is 11.8 Å². The first-order valence-corrected chi connectivity index (χ1v) is 8.86. The van der Waals surface area contributed by atoms with Gasteiger partial charge in [0.2, 0.25) is 0 Å². The van der Waals surface area contributed by atoms with E-state index in [-0.39, 0.29) is 18.0 Å². The molecule has 4 rings (SSSR count). The zero-order chi connectivity index (χ0) is 17.9. The van der Waals surface area contributed by atoms with Gasteiger partial charge in [0.25, 0.3) is 5.91 Å². The first kappa shape index (κ1) is 16.7. The molecule has 0 saturated carbocycles. The van der Waals surface area contributed by atoms with E-state index in [1.807, 2.05) is 30.3 Å². The van der Waals surface area contributed by atoms with Crippen molar-refractivity contribution in [3.63, 3.8) is 0 Å². The standard InChI is InChI=1S/C19H17ClN4O2/c20-14-10-22-19(23-11-14)26-15-5-3-9-24(12-15)18(25)17-16-6-2-1-4-13(16)7-8-21-17/h1-2,4,6-8,10-11,15H,3,5,9,12H2/t15-/m1/s1. The van der Waals surface area contributed by atoms with E-state index in [9.17, 15) is 4.79 Å². The number of ether oxygens (including phenoxy) is 1. The van der Waals surface area contributed by atoms with E-state index in [0.717, 1.165) is 23.6 Å². The molecule has 0 unspecified atom stereocenters. The third kappa shape index (κ3) is 3.46. The minimum atomic E-state index is -0.149. The number of carbonyl (C=O) groups is 1. The van der Waals surface area contributed by atoms with Gasteiger partial charge in [-0.25, -0.2) is 9.97 Å². The number of hydrogen-bond donors (Lipinski definition) is 0. The average Bonchev–Trinajstić information content (AvgIpc) is 2.69. The molecule has 1 atom stereocenters. The highest BCUT2D eigenvalue weighted by Crippen LogP contribution is 2.21. The fraction of sp³-hybridized carbons (Fsp3) is 0.263. The Morgan fingerprint density at radius 3 is 2.81 bits per heavy atom. The summed E-state index contributed by atoms with van der Waals surface area (Å²) in [5.74, 6) is -0.0767. The SMILES string of the molecule is O=C(c1nccc2ccccc12)N1CCC[C@@H](Oc2ncc(Cl)cn2)C1. The molecule has 7 heteroatoms. The van der Waals surface area contributed by atoms with Gasteiger partial charge in [0, 0.05) is 18.1 Å². The Bertz CT molecular complexity index is 927. The Kier molecular flexibility index (Phi) is 4.67. The van der Waals surface area contributed by atoms with Gasteiger partial charge in [0.05, 0.1) is 24.0 Å². The third-order valence-corrected chi connectivity index (χ3v) is 4.61. The second-order valence-electron chi connectivity index (χ2n) is 6.20. The van der Waals surface area contributed by atoms with Gasteiger partial charge < -0.3 is 9.64 Å². The molecule has 1 fully saturated rings. The van der Waals surface area contributed by atoms with Crippen molar-refractivity contribution >= 4 is 28.3 Å².